The molecule has 37 heavy (non-hydrogen) atoms. The van der Waals surface area contributed by atoms with Crippen LogP contribution in [0.5, 0.6) is 5.75 Å². The number of Topliss-reactive ketones (excluding diaryl/α,β-unsaturated/α-hetero) is 1. The van der Waals surface area contributed by atoms with E-state index in [1.807, 2.05) is 12.1 Å². The largest absolute Gasteiger partial charge is 0.497 e. The highest BCUT2D eigenvalue weighted by atomic mass is 19.1. The smallest absolute Gasteiger partial charge is 0.336 e. The Balaban J connectivity index is 1.87. The van der Waals surface area contributed by atoms with E-state index in [4.69, 9.17) is 14.2 Å². The Morgan fingerprint density at radius 1 is 0.973 bits per heavy atom. The van der Waals surface area contributed by atoms with Crippen LogP contribution in [-0.4, -0.2) is 38.0 Å². The van der Waals surface area contributed by atoms with Crippen molar-refractivity contribution in [1.29, 1.82) is 0 Å². The molecule has 194 valence electrons. The van der Waals surface area contributed by atoms with Crippen molar-refractivity contribution in [2.24, 2.45) is 5.92 Å². The van der Waals surface area contributed by atoms with Crippen LogP contribution < -0.4 is 10.1 Å². The molecule has 8 heteroatoms. The van der Waals surface area contributed by atoms with Crippen LogP contribution in [0.2, 0.25) is 0 Å². The Labute approximate surface area is 215 Å². The molecule has 0 aromatic heterocycles. The molecule has 1 heterocycles. The molecular formula is C29H30FNO6. The molecule has 1 aliphatic carbocycles. The van der Waals surface area contributed by atoms with E-state index >= 15 is 0 Å². The molecule has 0 fully saturated rings. The van der Waals surface area contributed by atoms with Crippen molar-refractivity contribution in [2.75, 3.05) is 20.3 Å². The number of hydrogen-bond donors (Lipinski definition) is 1. The second kappa shape index (κ2) is 11.0. The van der Waals surface area contributed by atoms with Crippen LogP contribution in [0.1, 0.15) is 50.2 Å². The molecule has 0 unspecified atom stereocenters. The van der Waals surface area contributed by atoms with Gasteiger partial charge in [-0.1, -0.05) is 24.3 Å². The van der Waals surface area contributed by atoms with Crippen molar-refractivity contribution in [3.8, 4) is 5.75 Å². The van der Waals surface area contributed by atoms with Crippen LogP contribution in [0.4, 0.5) is 4.39 Å². The lowest BCUT2D eigenvalue weighted by atomic mass is 9.67. The molecular weight excluding hydrogens is 477 g/mol. The summed E-state index contributed by atoms with van der Waals surface area (Å²) in [7, 11) is 1.56. The monoisotopic (exact) mass is 507 g/mol. The van der Waals surface area contributed by atoms with Crippen molar-refractivity contribution < 1.29 is 33.0 Å². The third-order valence-electron chi connectivity index (χ3n) is 6.80. The van der Waals surface area contributed by atoms with Gasteiger partial charge < -0.3 is 19.5 Å². The number of carbonyl (C=O) groups is 3. The van der Waals surface area contributed by atoms with Crippen molar-refractivity contribution in [3.63, 3.8) is 0 Å². The molecule has 0 saturated carbocycles. The average molecular weight is 508 g/mol. The van der Waals surface area contributed by atoms with Gasteiger partial charge in [0.15, 0.2) is 5.78 Å². The average Bonchev–Trinajstić information content (AvgIpc) is 2.88. The summed E-state index contributed by atoms with van der Waals surface area (Å²) in [5.74, 6) is -3.84. The third kappa shape index (κ3) is 5.01. The lowest BCUT2D eigenvalue weighted by Crippen LogP contribution is -2.43. The van der Waals surface area contributed by atoms with E-state index in [9.17, 15) is 18.8 Å². The third-order valence-corrected chi connectivity index (χ3v) is 6.80. The minimum absolute atomic E-state index is 0.122. The maximum Gasteiger partial charge on any atom is 0.336 e. The van der Waals surface area contributed by atoms with Gasteiger partial charge >= 0.3 is 11.9 Å². The Morgan fingerprint density at radius 3 is 2.19 bits per heavy atom. The molecule has 0 saturated heterocycles. The number of benzene rings is 2. The summed E-state index contributed by atoms with van der Waals surface area (Å²) in [5, 5.41) is 3.25. The minimum Gasteiger partial charge on any atom is -0.497 e. The SMILES string of the molecule is CCOC(=O)C1=C(C)NC2=C(C(=O)[C@H](C(=O)OCC)[C@H](c3ccc(OC)cc3)C2)[C@@H]1c1ccc(F)cc1. The molecule has 4 rings (SSSR count). The molecule has 0 radical (unpaired) electrons. The van der Waals surface area contributed by atoms with Crippen LogP contribution in [0.25, 0.3) is 0 Å². The van der Waals surface area contributed by atoms with Gasteiger partial charge in [-0.3, -0.25) is 9.59 Å². The lowest BCUT2D eigenvalue weighted by Gasteiger charge is -2.39. The molecule has 0 amide bonds. The Kier molecular flexibility index (Phi) is 7.76. The topological polar surface area (TPSA) is 90.9 Å². The first kappa shape index (κ1) is 26.1. The molecule has 0 bridgehead atoms. The van der Waals surface area contributed by atoms with E-state index < -0.39 is 41.3 Å². The molecule has 1 N–H and O–H groups in total. The van der Waals surface area contributed by atoms with Crippen LogP contribution >= 0.6 is 0 Å². The minimum atomic E-state index is -1.11. The fraction of sp³-hybridized carbons (Fsp3) is 0.345. The fourth-order valence-electron chi connectivity index (χ4n) is 5.17. The Hall–Kier alpha value is -3.94. The first-order valence-electron chi connectivity index (χ1n) is 12.3. The van der Waals surface area contributed by atoms with Gasteiger partial charge in [-0.05, 0) is 62.6 Å². The number of methoxy groups -OCH3 is 1. The van der Waals surface area contributed by atoms with Crippen molar-refractivity contribution in [1.82, 2.24) is 5.32 Å². The van der Waals surface area contributed by atoms with Gasteiger partial charge in [-0.15, -0.1) is 0 Å². The molecule has 2 aromatic rings. The van der Waals surface area contributed by atoms with Crippen LogP contribution in [0, 0.1) is 11.7 Å². The van der Waals surface area contributed by atoms with Crippen molar-refractivity contribution >= 4 is 17.7 Å². The molecule has 0 spiro atoms. The predicted molar refractivity (Wildman–Crippen MR) is 134 cm³/mol. The van der Waals surface area contributed by atoms with E-state index in [0.29, 0.717) is 34.7 Å². The Morgan fingerprint density at radius 2 is 1.59 bits per heavy atom. The van der Waals surface area contributed by atoms with Gasteiger partial charge in [-0.2, -0.15) is 0 Å². The number of dihydropyridines is 1. The number of allylic oxidation sites excluding steroid dienone is 3. The van der Waals surface area contributed by atoms with E-state index in [1.165, 1.54) is 12.1 Å². The van der Waals surface area contributed by atoms with E-state index in [0.717, 1.165) is 5.56 Å². The highest BCUT2D eigenvalue weighted by Gasteiger charge is 2.49. The second-order valence-corrected chi connectivity index (χ2v) is 8.94. The molecule has 3 atom stereocenters. The summed E-state index contributed by atoms with van der Waals surface area (Å²) >= 11 is 0. The number of ether oxygens (including phenoxy) is 3. The summed E-state index contributed by atoms with van der Waals surface area (Å²) in [6, 6.07) is 12.9. The van der Waals surface area contributed by atoms with Crippen molar-refractivity contribution in [2.45, 2.75) is 39.0 Å². The maximum atomic E-state index is 14.2. The van der Waals surface area contributed by atoms with Crippen molar-refractivity contribution in [3.05, 3.63) is 88.0 Å². The fourth-order valence-corrected chi connectivity index (χ4v) is 5.17. The van der Waals surface area contributed by atoms with Crippen LogP contribution in [0.15, 0.2) is 71.1 Å². The number of rotatable bonds is 7. The standard InChI is InChI=1S/C29H30FNO6/c1-5-36-28(33)23-16(3)31-22-15-21(17-9-13-20(35-4)14-10-17)25(29(34)37-6-2)27(32)26(22)24(23)18-7-11-19(30)12-8-18/h7-14,21,24-25,31H,5-6,15H2,1-4H3/t21-,24+,25+/m0/s1. The first-order valence-corrected chi connectivity index (χ1v) is 12.3. The maximum absolute atomic E-state index is 14.2. The summed E-state index contributed by atoms with van der Waals surface area (Å²) in [5.41, 5.74) is 3.05. The van der Waals surface area contributed by atoms with Crippen LogP contribution in [-0.2, 0) is 23.9 Å². The highest BCUT2D eigenvalue weighted by Crippen LogP contribution is 2.48. The normalized spacial score (nSPS) is 21.2. The number of carbonyl (C=O) groups excluding carboxylic acids is 3. The summed E-state index contributed by atoms with van der Waals surface area (Å²) in [6.07, 6.45) is 0.335. The van der Waals surface area contributed by atoms with Gasteiger partial charge in [-0.25, -0.2) is 9.18 Å². The van der Waals surface area contributed by atoms with Crippen LogP contribution in [0.3, 0.4) is 0 Å². The molecule has 2 aliphatic rings. The highest BCUT2D eigenvalue weighted by molar-refractivity contribution is 6.13. The van der Waals surface area contributed by atoms with Gasteiger partial charge in [0.2, 0.25) is 0 Å². The second-order valence-electron chi connectivity index (χ2n) is 8.94. The zero-order valence-electron chi connectivity index (χ0n) is 21.3. The number of nitrogens with one attached hydrogen (secondary N) is 1. The van der Waals surface area contributed by atoms with E-state index in [-0.39, 0.29) is 18.8 Å². The number of halogens is 1. The molecule has 1 aliphatic heterocycles. The number of esters is 2. The summed E-state index contributed by atoms with van der Waals surface area (Å²) in [6.45, 7) is 5.40. The predicted octanol–water partition coefficient (Wildman–Crippen LogP) is 4.55. The first-order chi connectivity index (χ1) is 17.8. The van der Waals surface area contributed by atoms with E-state index in [1.54, 1.807) is 52.1 Å². The summed E-state index contributed by atoms with van der Waals surface area (Å²) < 4.78 is 29.7. The van der Waals surface area contributed by atoms with Gasteiger partial charge in [0.25, 0.3) is 0 Å². The molecule has 7 nitrogen and oxygen atoms in total. The Bertz CT molecular complexity index is 1260. The lowest BCUT2D eigenvalue weighted by molar-refractivity contribution is -0.152. The zero-order valence-corrected chi connectivity index (χ0v) is 21.3. The number of ketones is 1. The van der Waals surface area contributed by atoms with Gasteiger partial charge in [0.1, 0.15) is 17.5 Å². The quantitative estimate of drug-likeness (QED) is 0.434. The zero-order chi connectivity index (χ0) is 26.7. The summed E-state index contributed by atoms with van der Waals surface area (Å²) in [4.78, 5) is 40.5. The van der Waals surface area contributed by atoms with E-state index in [2.05, 4.69) is 5.32 Å². The van der Waals surface area contributed by atoms with Gasteiger partial charge in [0, 0.05) is 28.8 Å². The number of hydrogen-bond acceptors (Lipinski definition) is 7. The molecule has 2 aromatic carbocycles. The van der Waals surface area contributed by atoms with Gasteiger partial charge in [0.05, 0.1) is 25.9 Å².